The van der Waals surface area contributed by atoms with Gasteiger partial charge < -0.3 is 16.4 Å². The first-order valence-corrected chi connectivity index (χ1v) is 6.84. The Morgan fingerprint density at radius 3 is 2.36 bits per heavy atom. The Labute approximate surface area is 128 Å². The molecular formula is C16H16N6. The molecule has 0 unspecified atom stereocenters. The van der Waals surface area contributed by atoms with Gasteiger partial charge >= 0.3 is 0 Å². The molecule has 6 nitrogen and oxygen atoms in total. The first-order valence-electron chi connectivity index (χ1n) is 6.84. The van der Waals surface area contributed by atoms with Crippen molar-refractivity contribution < 1.29 is 0 Å². The lowest BCUT2D eigenvalue weighted by molar-refractivity contribution is 1.16. The van der Waals surface area contributed by atoms with Gasteiger partial charge in [-0.25, -0.2) is 15.0 Å². The molecule has 0 atom stereocenters. The van der Waals surface area contributed by atoms with Gasteiger partial charge in [0.1, 0.15) is 17.8 Å². The minimum absolute atomic E-state index is 0.439. The molecule has 0 bridgehead atoms. The second-order valence-electron chi connectivity index (χ2n) is 4.82. The van der Waals surface area contributed by atoms with Crippen molar-refractivity contribution >= 4 is 28.8 Å². The molecule has 0 fully saturated rings. The number of nitrogens with one attached hydrogen (secondary N) is 2. The van der Waals surface area contributed by atoms with Crippen LogP contribution in [0.4, 0.5) is 28.8 Å². The molecule has 2 heterocycles. The van der Waals surface area contributed by atoms with Crippen molar-refractivity contribution in [3.8, 4) is 0 Å². The number of nitrogens with two attached hydrogens (primary N) is 1. The van der Waals surface area contributed by atoms with Crippen molar-refractivity contribution in [1.29, 1.82) is 0 Å². The molecule has 0 aliphatic rings. The standard InChI is InChI=1S/C16H16N6/c1-11-7-8-18-13(9-11)22-16-14(17)15(19-10-20-16)21-12-5-3-2-4-6-12/h2-10H,17H2,1H3,(H2,18,19,20,21,22). The minimum Gasteiger partial charge on any atom is -0.393 e. The van der Waals surface area contributed by atoms with Gasteiger partial charge in [0, 0.05) is 11.9 Å². The number of aromatic nitrogens is 3. The zero-order valence-electron chi connectivity index (χ0n) is 12.1. The number of anilines is 5. The third-order valence-electron chi connectivity index (χ3n) is 3.08. The molecule has 6 heteroatoms. The Morgan fingerprint density at radius 1 is 0.909 bits per heavy atom. The Bertz CT molecular complexity index is 773. The van der Waals surface area contributed by atoms with Crippen LogP contribution in [0.3, 0.4) is 0 Å². The van der Waals surface area contributed by atoms with Crippen molar-refractivity contribution in [2.45, 2.75) is 6.92 Å². The lowest BCUT2D eigenvalue weighted by Gasteiger charge is -2.12. The number of hydrogen-bond donors (Lipinski definition) is 3. The van der Waals surface area contributed by atoms with Gasteiger partial charge in [-0.2, -0.15) is 0 Å². The van der Waals surface area contributed by atoms with E-state index in [1.54, 1.807) is 6.20 Å². The van der Waals surface area contributed by atoms with Gasteiger partial charge in [0.05, 0.1) is 0 Å². The van der Waals surface area contributed by atoms with Crippen LogP contribution in [0.25, 0.3) is 0 Å². The Balaban J connectivity index is 1.86. The lowest BCUT2D eigenvalue weighted by atomic mass is 10.3. The molecule has 3 aromatic rings. The fourth-order valence-corrected chi connectivity index (χ4v) is 1.98. The molecule has 110 valence electrons. The number of pyridine rings is 1. The number of nitrogen functional groups attached to an aromatic ring is 1. The van der Waals surface area contributed by atoms with Crippen LogP contribution in [0.15, 0.2) is 55.0 Å². The highest BCUT2D eigenvalue weighted by molar-refractivity contribution is 5.79. The summed E-state index contributed by atoms with van der Waals surface area (Å²) >= 11 is 0. The molecule has 3 rings (SSSR count). The largest absolute Gasteiger partial charge is 0.393 e. The van der Waals surface area contributed by atoms with Gasteiger partial charge in [-0.3, -0.25) is 0 Å². The van der Waals surface area contributed by atoms with E-state index in [9.17, 15) is 0 Å². The van der Waals surface area contributed by atoms with Gasteiger partial charge in [0.2, 0.25) is 0 Å². The monoisotopic (exact) mass is 292 g/mol. The fourth-order valence-electron chi connectivity index (χ4n) is 1.98. The number of aryl methyl sites for hydroxylation is 1. The minimum atomic E-state index is 0.439. The van der Waals surface area contributed by atoms with Crippen LogP contribution >= 0.6 is 0 Å². The molecular weight excluding hydrogens is 276 g/mol. The summed E-state index contributed by atoms with van der Waals surface area (Å²) in [5.74, 6) is 1.76. The quantitative estimate of drug-likeness (QED) is 0.684. The second kappa shape index (κ2) is 6.09. The van der Waals surface area contributed by atoms with Crippen LogP contribution in [0.5, 0.6) is 0 Å². The number of hydrogen-bond acceptors (Lipinski definition) is 6. The van der Waals surface area contributed by atoms with Crippen LogP contribution in [-0.2, 0) is 0 Å². The van der Waals surface area contributed by atoms with Gasteiger partial charge in [0.25, 0.3) is 0 Å². The maximum atomic E-state index is 6.14. The van der Waals surface area contributed by atoms with Crippen molar-refractivity contribution in [2.24, 2.45) is 0 Å². The van der Waals surface area contributed by atoms with E-state index in [2.05, 4.69) is 25.6 Å². The first kappa shape index (κ1) is 13.8. The van der Waals surface area contributed by atoms with Crippen molar-refractivity contribution in [3.05, 3.63) is 60.6 Å². The maximum absolute atomic E-state index is 6.14. The number of rotatable bonds is 4. The average Bonchev–Trinajstić information content (AvgIpc) is 2.52. The molecule has 0 amide bonds. The topological polar surface area (TPSA) is 88.8 Å². The number of para-hydroxylation sites is 1. The fraction of sp³-hybridized carbons (Fsp3) is 0.0625. The predicted octanol–water partition coefficient (Wildman–Crippen LogP) is 3.25. The van der Waals surface area contributed by atoms with Crippen molar-refractivity contribution in [2.75, 3.05) is 16.4 Å². The zero-order chi connectivity index (χ0) is 15.4. The third kappa shape index (κ3) is 3.12. The summed E-state index contributed by atoms with van der Waals surface area (Å²) in [5.41, 5.74) is 8.59. The second-order valence-corrected chi connectivity index (χ2v) is 4.82. The number of benzene rings is 1. The molecule has 0 spiro atoms. The normalized spacial score (nSPS) is 10.2. The lowest BCUT2D eigenvalue weighted by Crippen LogP contribution is -2.05. The summed E-state index contributed by atoms with van der Waals surface area (Å²) in [7, 11) is 0. The van der Waals surface area contributed by atoms with Crippen molar-refractivity contribution in [3.63, 3.8) is 0 Å². The molecule has 4 N–H and O–H groups in total. The first-order chi connectivity index (χ1) is 10.7. The Morgan fingerprint density at radius 2 is 1.64 bits per heavy atom. The van der Waals surface area contributed by atoms with E-state index in [1.807, 2.05) is 49.4 Å². The van der Waals surface area contributed by atoms with E-state index in [0.717, 1.165) is 11.3 Å². The highest BCUT2D eigenvalue weighted by Gasteiger charge is 2.09. The van der Waals surface area contributed by atoms with E-state index in [0.29, 0.717) is 23.1 Å². The molecule has 0 saturated heterocycles. The molecule has 0 saturated carbocycles. The summed E-state index contributed by atoms with van der Waals surface area (Å²) in [6.45, 7) is 2.00. The van der Waals surface area contributed by atoms with Gasteiger partial charge in [-0.15, -0.1) is 0 Å². The molecule has 0 radical (unpaired) electrons. The predicted molar refractivity (Wildman–Crippen MR) is 88.4 cm³/mol. The molecule has 0 aliphatic carbocycles. The van der Waals surface area contributed by atoms with Gasteiger partial charge in [-0.05, 0) is 36.8 Å². The van der Waals surface area contributed by atoms with Crippen molar-refractivity contribution in [1.82, 2.24) is 15.0 Å². The summed E-state index contributed by atoms with van der Waals surface area (Å²) in [6, 6.07) is 13.6. The highest BCUT2D eigenvalue weighted by atomic mass is 15.1. The van der Waals surface area contributed by atoms with Crippen LogP contribution < -0.4 is 16.4 Å². The Kier molecular flexibility index (Phi) is 3.82. The molecule has 1 aromatic carbocycles. The van der Waals surface area contributed by atoms with Crippen LogP contribution in [0.1, 0.15) is 5.56 Å². The zero-order valence-corrected chi connectivity index (χ0v) is 12.1. The number of nitrogens with zero attached hydrogens (tertiary/aromatic N) is 3. The summed E-state index contributed by atoms with van der Waals surface area (Å²) in [4.78, 5) is 12.6. The molecule has 0 aliphatic heterocycles. The van der Waals surface area contributed by atoms with Crippen LogP contribution in [0, 0.1) is 6.92 Å². The van der Waals surface area contributed by atoms with E-state index in [-0.39, 0.29) is 0 Å². The Hall–Kier alpha value is -3.15. The van der Waals surface area contributed by atoms with Crippen LogP contribution in [-0.4, -0.2) is 15.0 Å². The smallest absolute Gasteiger partial charge is 0.160 e. The average molecular weight is 292 g/mol. The molecule has 22 heavy (non-hydrogen) atoms. The van der Waals surface area contributed by atoms with E-state index < -0.39 is 0 Å². The van der Waals surface area contributed by atoms with Crippen LogP contribution in [0.2, 0.25) is 0 Å². The summed E-state index contributed by atoms with van der Waals surface area (Å²) < 4.78 is 0. The van der Waals surface area contributed by atoms with Gasteiger partial charge in [0.15, 0.2) is 11.6 Å². The van der Waals surface area contributed by atoms with E-state index in [4.69, 9.17) is 5.73 Å². The van der Waals surface area contributed by atoms with E-state index >= 15 is 0 Å². The van der Waals surface area contributed by atoms with Gasteiger partial charge in [-0.1, -0.05) is 18.2 Å². The summed E-state index contributed by atoms with van der Waals surface area (Å²) in [5, 5.41) is 6.29. The SMILES string of the molecule is Cc1ccnc(Nc2ncnc(Nc3ccccc3)c2N)c1. The highest BCUT2D eigenvalue weighted by Crippen LogP contribution is 2.27. The van der Waals surface area contributed by atoms with E-state index in [1.165, 1.54) is 6.33 Å². The third-order valence-corrected chi connectivity index (χ3v) is 3.08. The summed E-state index contributed by atoms with van der Waals surface area (Å²) in [6.07, 6.45) is 3.19. The molecule has 2 aromatic heterocycles. The maximum Gasteiger partial charge on any atom is 0.160 e.